The summed E-state index contributed by atoms with van der Waals surface area (Å²) in [5, 5.41) is 0.725. The van der Waals surface area contributed by atoms with Crippen LogP contribution < -0.4 is 16.0 Å². The minimum atomic E-state index is -0.600. The van der Waals surface area contributed by atoms with Gasteiger partial charge in [0.25, 0.3) is 5.91 Å². The standard InChI is InChI=1S/C24H20N2O3/c1-2-28-21-10-6-9-18-15-20(23(25)27)24(29-22(18)21)26-19-13-11-17(12-14-19)16-7-4-3-5-8-16/h3-15H,2H2,1H3,(H2,25,27). The van der Waals surface area contributed by atoms with Crippen LogP contribution in [0.1, 0.15) is 17.3 Å². The maximum absolute atomic E-state index is 12.0. The normalized spacial score (nSPS) is 11.6. The fourth-order valence-electron chi connectivity index (χ4n) is 3.13. The summed E-state index contributed by atoms with van der Waals surface area (Å²) in [6, 6.07) is 25.0. The molecule has 0 radical (unpaired) electrons. The van der Waals surface area contributed by atoms with E-state index in [9.17, 15) is 4.79 Å². The largest absolute Gasteiger partial charge is 0.490 e. The van der Waals surface area contributed by atoms with Crippen molar-refractivity contribution < 1.29 is 13.9 Å². The first-order chi connectivity index (χ1) is 14.2. The zero-order chi connectivity index (χ0) is 20.2. The number of rotatable bonds is 5. The number of nitrogens with zero attached hydrogens (tertiary/aromatic N) is 1. The Labute approximate surface area is 168 Å². The summed E-state index contributed by atoms with van der Waals surface area (Å²) < 4.78 is 11.6. The van der Waals surface area contributed by atoms with Crippen molar-refractivity contribution >= 4 is 22.6 Å². The summed E-state index contributed by atoms with van der Waals surface area (Å²) >= 11 is 0. The van der Waals surface area contributed by atoms with E-state index in [1.807, 2.05) is 79.7 Å². The summed E-state index contributed by atoms with van der Waals surface area (Å²) in [5.41, 5.74) is 9.32. The first kappa shape index (κ1) is 18.5. The Balaban J connectivity index is 1.83. The molecule has 4 aromatic rings. The van der Waals surface area contributed by atoms with Crippen molar-refractivity contribution in [1.29, 1.82) is 0 Å². The summed E-state index contributed by atoms with van der Waals surface area (Å²) in [7, 11) is 0. The lowest BCUT2D eigenvalue weighted by molar-refractivity contribution is 0.0996. The second-order valence-electron chi connectivity index (χ2n) is 6.46. The number of carbonyl (C=O) groups is 1. The number of ether oxygens (including phenoxy) is 1. The Morgan fingerprint density at radius 2 is 1.69 bits per heavy atom. The van der Waals surface area contributed by atoms with Crippen molar-refractivity contribution in [2.45, 2.75) is 6.92 Å². The lowest BCUT2D eigenvalue weighted by Gasteiger charge is -2.07. The molecule has 0 fully saturated rings. The molecule has 5 heteroatoms. The number of hydrogen-bond donors (Lipinski definition) is 1. The number of amides is 1. The third kappa shape index (κ3) is 3.89. The molecule has 5 nitrogen and oxygen atoms in total. The Hall–Kier alpha value is -3.86. The molecule has 0 unspecified atom stereocenters. The molecule has 0 saturated heterocycles. The van der Waals surface area contributed by atoms with Gasteiger partial charge in [0.2, 0.25) is 5.55 Å². The highest BCUT2D eigenvalue weighted by molar-refractivity contribution is 5.96. The number of carbonyl (C=O) groups excluding carboxylic acids is 1. The van der Waals surface area contributed by atoms with Crippen LogP contribution >= 0.6 is 0 Å². The summed E-state index contributed by atoms with van der Waals surface area (Å²) in [6.45, 7) is 2.40. The quantitative estimate of drug-likeness (QED) is 0.535. The first-order valence-electron chi connectivity index (χ1n) is 9.35. The molecule has 29 heavy (non-hydrogen) atoms. The molecule has 3 aromatic carbocycles. The van der Waals surface area contributed by atoms with Crippen molar-refractivity contribution in [1.82, 2.24) is 0 Å². The van der Waals surface area contributed by atoms with Gasteiger partial charge in [0.1, 0.15) is 5.56 Å². The van der Waals surface area contributed by atoms with E-state index < -0.39 is 5.91 Å². The molecule has 0 aliphatic rings. The van der Waals surface area contributed by atoms with Gasteiger partial charge in [-0.2, -0.15) is 0 Å². The third-order valence-corrected chi connectivity index (χ3v) is 4.51. The molecule has 0 bridgehead atoms. The van der Waals surface area contributed by atoms with Crippen LogP contribution in [-0.4, -0.2) is 12.5 Å². The molecular weight excluding hydrogens is 364 g/mol. The van der Waals surface area contributed by atoms with Crippen LogP contribution in [0, 0.1) is 0 Å². The number of fused-ring (bicyclic) bond motifs is 1. The average molecular weight is 384 g/mol. The molecule has 0 aliphatic heterocycles. The second-order valence-corrected chi connectivity index (χ2v) is 6.46. The van der Waals surface area contributed by atoms with Crippen molar-refractivity contribution in [3.05, 3.63) is 90.0 Å². The van der Waals surface area contributed by atoms with E-state index in [4.69, 9.17) is 14.9 Å². The molecule has 2 N–H and O–H groups in total. The van der Waals surface area contributed by atoms with E-state index in [1.165, 1.54) is 0 Å². The Morgan fingerprint density at radius 1 is 0.966 bits per heavy atom. The highest BCUT2D eigenvalue weighted by Crippen LogP contribution is 2.26. The smallest absolute Gasteiger partial charge is 0.254 e. The molecule has 1 aromatic heterocycles. The Morgan fingerprint density at radius 3 is 2.38 bits per heavy atom. The number of hydrogen-bond acceptors (Lipinski definition) is 4. The van der Waals surface area contributed by atoms with Crippen LogP contribution in [-0.2, 0) is 0 Å². The summed E-state index contributed by atoms with van der Waals surface area (Å²) in [6.07, 6.45) is 0. The van der Waals surface area contributed by atoms with Crippen molar-refractivity contribution in [3.8, 4) is 16.9 Å². The molecule has 0 aliphatic carbocycles. The van der Waals surface area contributed by atoms with Crippen molar-refractivity contribution in [3.63, 3.8) is 0 Å². The minimum Gasteiger partial charge on any atom is -0.490 e. The van der Waals surface area contributed by atoms with Crippen molar-refractivity contribution in [2.75, 3.05) is 6.61 Å². The molecule has 144 valence electrons. The van der Waals surface area contributed by atoms with Gasteiger partial charge >= 0.3 is 0 Å². The van der Waals surface area contributed by atoms with E-state index >= 15 is 0 Å². The van der Waals surface area contributed by atoms with Gasteiger partial charge in [-0.1, -0.05) is 54.6 Å². The highest BCUT2D eigenvalue weighted by Gasteiger charge is 2.12. The van der Waals surface area contributed by atoms with Crippen LogP contribution in [0.25, 0.3) is 22.1 Å². The fourth-order valence-corrected chi connectivity index (χ4v) is 3.13. The van der Waals surface area contributed by atoms with Gasteiger partial charge in [-0.05, 0) is 42.3 Å². The fraction of sp³-hybridized carbons (Fsp3) is 0.0833. The van der Waals surface area contributed by atoms with Gasteiger partial charge in [-0.25, -0.2) is 4.99 Å². The Kier molecular flexibility index (Phi) is 5.12. The predicted molar refractivity (Wildman–Crippen MR) is 113 cm³/mol. The highest BCUT2D eigenvalue weighted by atomic mass is 16.5. The maximum Gasteiger partial charge on any atom is 0.254 e. The maximum atomic E-state index is 12.0. The van der Waals surface area contributed by atoms with Crippen LogP contribution in [0.5, 0.6) is 5.75 Å². The molecule has 4 rings (SSSR count). The van der Waals surface area contributed by atoms with E-state index in [0.717, 1.165) is 16.5 Å². The first-order valence-corrected chi connectivity index (χ1v) is 9.35. The lowest BCUT2D eigenvalue weighted by atomic mass is 10.1. The molecule has 1 amide bonds. The monoisotopic (exact) mass is 384 g/mol. The summed E-state index contributed by atoms with van der Waals surface area (Å²) in [5.74, 6) is -0.00554. The average Bonchev–Trinajstić information content (AvgIpc) is 2.75. The van der Waals surface area contributed by atoms with Gasteiger partial charge < -0.3 is 14.9 Å². The molecule has 1 heterocycles. The molecular formula is C24H20N2O3. The van der Waals surface area contributed by atoms with E-state index in [2.05, 4.69) is 4.99 Å². The third-order valence-electron chi connectivity index (χ3n) is 4.51. The van der Waals surface area contributed by atoms with Crippen LogP contribution in [0.15, 0.2) is 88.3 Å². The predicted octanol–water partition coefficient (Wildman–Crippen LogP) is 4.83. The molecule has 0 saturated carbocycles. The van der Waals surface area contributed by atoms with Gasteiger partial charge in [0.15, 0.2) is 11.3 Å². The molecule has 0 atom stereocenters. The van der Waals surface area contributed by atoms with E-state index in [0.29, 0.717) is 23.6 Å². The number of para-hydroxylation sites is 1. The van der Waals surface area contributed by atoms with Crippen LogP contribution in [0.2, 0.25) is 0 Å². The van der Waals surface area contributed by atoms with Gasteiger partial charge in [-0.3, -0.25) is 4.79 Å². The zero-order valence-electron chi connectivity index (χ0n) is 16.0. The summed E-state index contributed by atoms with van der Waals surface area (Å²) in [4.78, 5) is 16.5. The van der Waals surface area contributed by atoms with Gasteiger partial charge in [-0.15, -0.1) is 0 Å². The Bertz CT molecular complexity index is 1230. The zero-order valence-corrected chi connectivity index (χ0v) is 16.0. The van der Waals surface area contributed by atoms with Crippen LogP contribution in [0.3, 0.4) is 0 Å². The molecule has 0 spiro atoms. The van der Waals surface area contributed by atoms with Gasteiger partial charge in [0, 0.05) is 5.39 Å². The number of nitrogens with two attached hydrogens (primary N) is 1. The van der Waals surface area contributed by atoms with E-state index in [-0.39, 0.29) is 11.1 Å². The number of benzene rings is 3. The van der Waals surface area contributed by atoms with Crippen LogP contribution in [0.4, 0.5) is 5.69 Å². The van der Waals surface area contributed by atoms with E-state index in [1.54, 1.807) is 6.07 Å². The topological polar surface area (TPSA) is 77.8 Å². The lowest BCUT2D eigenvalue weighted by Crippen LogP contribution is -2.21. The minimum absolute atomic E-state index is 0.157. The van der Waals surface area contributed by atoms with Gasteiger partial charge in [0.05, 0.1) is 12.3 Å². The van der Waals surface area contributed by atoms with Crippen molar-refractivity contribution in [2.24, 2.45) is 10.7 Å². The second kappa shape index (κ2) is 8.02. The number of primary amides is 1. The SMILES string of the molecule is CCOc1cccc2cc(C(N)=O)c(=Nc3ccc(-c4ccccc4)cc3)oc12.